The van der Waals surface area contributed by atoms with Crippen molar-refractivity contribution in [2.75, 3.05) is 5.32 Å². The van der Waals surface area contributed by atoms with Crippen LogP contribution in [-0.2, 0) is 13.0 Å². The van der Waals surface area contributed by atoms with Gasteiger partial charge in [-0.25, -0.2) is 4.98 Å². The van der Waals surface area contributed by atoms with Gasteiger partial charge in [0.1, 0.15) is 12.0 Å². The molecule has 0 spiro atoms. The van der Waals surface area contributed by atoms with Crippen molar-refractivity contribution in [1.82, 2.24) is 14.7 Å². The third kappa shape index (κ3) is 6.37. The maximum Gasteiger partial charge on any atom is 0.259 e. The molecular formula is C26H23ClN6O3. The van der Waals surface area contributed by atoms with E-state index in [1.165, 1.54) is 12.5 Å². The molecule has 2 aromatic carbocycles. The van der Waals surface area contributed by atoms with Crippen molar-refractivity contribution in [2.24, 2.45) is 4.99 Å². The van der Waals surface area contributed by atoms with Crippen LogP contribution in [0.3, 0.4) is 0 Å². The number of nitrogens with zero attached hydrogens (tertiary/aromatic N) is 5. The zero-order valence-electron chi connectivity index (χ0n) is 19.5. The van der Waals surface area contributed by atoms with Gasteiger partial charge in [0, 0.05) is 40.7 Å². The average molecular weight is 503 g/mol. The summed E-state index contributed by atoms with van der Waals surface area (Å²) in [4.78, 5) is 21.9. The van der Waals surface area contributed by atoms with Crippen LogP contribution >= 0.6 is 11.6 Å². The molecule has 9 nitrogen and oxygen atoms in total. The molecule has 4 rings (SSSR count). The number of nitriles is 1. The van der Waals surface area contributed by atoms with Crippen LogP contribution in [0.5, 0.6) is 11.6 Å². The van der Waals surface area contributed by atoms with Crippen LogP contribution < -0.4 is 15.6 Å². The SMILES string of the molecule is CCCC(Cc1cnc(Nc2ccc(Oc3ccon3)cc2)n(Cc2ccc(Cl)cc2)c1=O)=NC#N. The van der Waals surface area contributed by atoms with Crippen molar-refractivity contribution >= 4 is 28.9 Å². The predicted molar refractivity (Wildman–Crippen MR) is 137 cm³/mol. The van der Waals surface area contributed by atoms with Crippen molar-refractivity contribution in [2.45, 2.75) is 32.7 Å². The molecule has 0 fully saturated rings. The standard InChI is InChI=1S/C26H23ClN6O3/c1-2-3-22(30-17-28)14-19-15-29-26(33(25(19)34)16-18-4-6-20(27)7-5-18)31-21-8-10-23(11-9-21)36-24-12-13-35-32-24/h4-13,15H,2-3,14,16H2,1H3,(H,29,31). The van der Waals surface area contributed by atoms with Gasteiger partial charge in [-0.15, -0.1) is 0 Å². The van der Waals surface area contributed by atoms with Crippen molar-refractivity contribution in [1.29, 1.82) is 5.26 Å². The largest absolute Gasteiger partial charge is 0.436 e. The van der Waals surface area contributed by atoms with Crippen LogP contribution in [-0.4, -0.2) is 20.4 Å². The summed E-state index contributed by atoms with van der Waals surface area (Å²) in [5.41, 5.74) is 2.51. The van der Waals surface area contributed by atoms with E-state index >= 15 is 0 Å². The molecule has 0 saturated carbocycles. The van der Waals surface area contributed by atoms with E-state index in [0.717, 1.165) is 12.0 Å². The lowest BCUT2D eigenvalue weighted by atomic mass is 10.1. The first-order valence-electron chi connectivity index (χ1n) is 11.3. The molecule has 4 aromatic rings. The monoisotopic (exact) mass is 502 g/mol. The number of halogens is 1. The summed E-state index contributed by atoms with van der Waals surface area (Å²) in [7, 11) is 0. The van der Waals surface area contributed by atoms with Crippen molar-refractivity contribution < 1.29 is 9.26 Å². The first kappa shape index (κ1) is 24.7. The molecule has 0 aliphatic heterocycles. The normalized spacial score (nSPS) is 11.2. The second-order valence-electron chi connectivity index (χ2n) is 7.92. The third-order valence-electron chi connectivity index (χ3n) is 5.26. The predicted octanol–water partition coefficient (Wildman–Crippen LogP) is 5.73. The van der Waals surface area contributed by atoms with Gasteiger partial charge in [0.15, 0.2) is 0 Å². The molecule has 10 heteroatoms. The van der Waals surface area contributed by atoms with Gasteiger partial charge in [0.25, 0.3) is 11.4 Å². The van der Waals surface area contributed by atoms with Gasteiger partial charge >= 0.3 is 0 Å². The Morgan fingerprint density at radius 1 is 1.19 bits per heavy atom. The van der Waals surface area contributed by atoms with E-state index < -0.39 is 0 Å². The Hall–Kier alpha value is -4.42. The molecule has 0 aliphatic rings. The second kappa shape index (κ2) is 11.8. The average Bonchev–Trinajstić information content (AvgIpc) is 3.39. The van der Waals surface area contributed by atoms with E-state index in [4.69, 9.17) is 26.1 Å². The first-order chi connectivity index (χ1) is 17.6. The van der Waals surface area contributed by atoms with Crippen LogP contribution in [0.4, 0.5) is 11.6 Å². The number of ether oxygens (including phenoxy) is 1. The molecule has 0 unspecified atom stereocenters. The molecule has 1 N–H and O–H groups in total. The van der Waals surface area contributed by atoms with Crippen LogP contribution in [0, 0.1) is 11.5 Å². The van der Waals surface area contributed by atoms with Gasteiger partial charge in [-0.05, 0) is 53.5 Å². The molecule has 2 heterocycles. The highest BCUT2D eigenvalue weighted by Crippen LogP contribution is 2.23. The van der Waals surface area contributed by atoms with E-state index in [2.05, 4.69) is 20.4 Å². The van der Waals surface area contributed by atoms with Crippen LogP contribution in [0.15, 0.2) is 81.4 Å². The van der Waals surface area contributed by atoms with Gasteiger partial charge in [-0.1, -0.05) is 37.1 Å². The van der Waals surface area contributed by atoms with Crippen molar-refractivity contribution in [3.05, 3.63) is 93.6 Å². The second-order valence-corrected chi connectivity index (χ2v) is 8.36. The summed E-state index contributed by atoms with van der Waals surface area (Å²) in [6, 6.07) is 16.0. The lowest BCUT2D eigenvalue weighted by molar-refractivity contribution is 0.367. The number of anilines is 2. The Morgan fingerprint density at radius 3 is 2.64 bits per heavy atom. The molecule has 0 amide bonds. The Morgan fingerprint density at radius 2 is 1.97 bits per heavy atom. The molecule has 0 bridgehead atoms. The molecule has 0 atom stereocenters. The Bertz CT molecular complexity index is 1420. The smallest absolute Gasteiger partial charge is 0.259 e. The minimum atomic E-state index is -0.213. The number of aliphatic imine (C=N–C) groups is 1. The molecule has 0 saturated heterocycles. The van der Waals surface area contributed by atoms with Crippen LogP contribution in [0.1, 0.15) is 30.9 Å². The lowest BCUT2D eigenvalue weighted by Crippen LogP contribution is -2.28. The number of benzene rings is 2. The number of nitrogens with one attached hydrogen (secondary N) is 1. The molecule has 2 aromatic heterocycles. The summed E-state index contributed by atoms with van der Waals surface area (Å²) in [6.45, 7) is 2.28. The Kier molecular flexibility index (Phi) is 8.11. The molecule has 182 valence electrons. The Balaban J connectivity index is 1.63. The van der Waals surface area contributed by atoms with E-state index in [1.807, 2.05) is 25.2 Å². The summed E-state index contributed by atoms with van der Waals surface area (Å²) in [5.74, 6) is 1.31. The zero-order valence-corrected chi connectivity index (χ0v) is 20.3. The van der Waals surface area contributed by atoms with Gasteiger partial charge in [0.2, 0.25) is 12.1 Å². The summed E-state index contributed by atoms with van der Waals surface area (Å²) in [6.07, 6.45) is 6.51. The minimum absolute atomic E-state index is 0.213. The number of hydrogen-bond acceptors (Lipinski definition) is 8. The highest BCUT2D eigenvalue weighted by molar-refractivity contribution is 6.30. The molecule has 0 radical (unpaired) electrons. The Labute approximate surface area is 212 Å². The lowest BCUT2D eigenvalue weighted by Gasteiger charge is -2.16. The fraction of sp³-hybridized carbons (Fsp3) is 0.192. The van der Waals surface area contributed by atoms with Crippen LogP contribution in [0.25, 0.3) is 0 Å². The fourth-order valence-corrected chi connectivity index (χ4v) is 3.67. The molecule has 36 heavy (non-hydrogen) atoms. The quantitative estimate of drug-likeness (QED) is 0.217. The van der Waals surface area contributed by atoms with Gasteiger partial charge in [-0.2, -0.15) is 10.3 Å². The first-order valence-corrected chi connectivity index (χ1v) is 11.7. The minimum Gasteiger partial charge on any atom is -0.436 e. The highest BCUT2D eigenvalue weighted by Gasteiger charge is 2.14. The van der Waals surface area contributed by atoms with E-state index in [9.17, 15) is 4.79 Å². The summed E-state index contributed by atoms with van der Waals surface area (Å²) in [5, 5.41) is 16.6. The maximum atomic E-state index is 13.5. The number of hydrogen-bond donors (Lipinski definition) is 1. The summed E-state index contributed by atoms with van der Waals surface area (Å²) >= 11 is 6.03. The van der Waals surface area contributed by atoms with Crippen molar-refractivity contribution in [3.8, 4) is 17.8 Å². The summed E-state index contributed by atoms with van der Waals surface area (Å²) < 4.78 is 11.9. The number of aromatic nitrogens is 3. The maximum absolute atomic E-state index is 13.5. The number of rotatable bonds is 10. The van der Waals surface area contributed by atoms with E-state index in [1.54, 1.807) is 47.0 Å². The highest BCUT2D eigenvalue weighted by atomic mass is 35.5. The zero-order chi connectivity index (χ0) is 25.3. The van der Waals surface area contributed by atoms with Gasteiger partial charge in [-0.3, -0.25) is 9.36 Å². The van der Waals surface area contributed by atoms with Gasteiger partial charge in [0.05, 0.1) is 6.54 Å². The van der Waals surface area contributed by atoms with Gasteiger partial charge < -0.3 is 14.6 Å². The van der Waals surface area contributed by atoms with E-state index in [-0.39, 0.29) is 18.5 Å². The molecule has 0 aliphatic carbocycles. The van der Waals surface area contributed by atoms with Crippen LogP contribution in [0.2, 0.25) is 5.02 Å². The van der Waals surface area contributed by atoms with Crippen molar-refractivity contribution in [3.63, 3.8) is 0 Å². The molecular weight excluding hydrogens is 480 g/mol. The fourth-order valence-electron chi connectivity index (χ4n) is 3.55. The topological polar surface area (TPSA) is 118 Å². The van der Waals surface area contributed by atoms with E-state index in [0.29, 0.717) is 46.0 Å². The third-order valence-corrected chi connectivity index (χ3v) is 5.51.